The molecule has 0 aliphatic heterocycles. The second kappa shape index (κ2) is 5.50. The largest absolute Gasteiger partial charge is 0.322 e. The van der Waals surface area contributed by atoms with Gasteiger partial charge in [0.05, 0.1) is 5.52 Å². The summed E-state index contributed by atoms with van der Waals surface area (Å²) in [6, 6.07) is 12.6. The highest BCUT2D eigenvalue weighted by atomic mass is 35.5. The van der Waals surface area contributed by atoms with Gasteiger partial charge in [0.15, 0.2) is 0 Å². The van der Waals surface area contributed by atoms with Crippen LogP contribution in [0.25, 0.3) is 10.9 Å². The predicted molar refractivity (Wildman–Crippen MR) is 83.7 cm³/mol. The molecular weight excluding hydrogens is 286 g/mol. The summed E-state index contributed by atoms with van der Waals surface area (Å²) in [4.78, 5) is 20.5. The summed E-state index contributed by atoms with van der Waals surface area (Å²) in [5, 5.41) is 4.13. The van der Waals surface area contributed by atoms with Gasteiger partial charge in [0.25, 0.3) is 5.91 Å². The summed E-state index contributed by atoms with van der Waals surface area (Å²) >= 11 is 5.88. The number of anilines is 1. The highest BCUT2D eigenvalue weighted by Crippen LogP contribution is 2.18. The van der Waals surface area contributed by atoms with Crippen molar-refractivity contribution in [2.75, 3.05) is 5.32 Å². The first-order valence-electron chi connectivity index (χ1n) is 6.42. The van der Waals surface area contributed by atoms with E-state index >= 15 is 0 Å². The first-order chi connectivity index (χ1) is 10.1. The molecule has 0 atom stereocenters. The van der Waals surface area contributed by atoms with Crippen LogP contribution in [-0.2, 0) is 0 Å². The van der Waals surface area contributed by atoms with Gasteiger partial charge in [-0.2, -0.15) is 0 Å². The van der Waals surface area contributed by atoms with E-state index in [1.54, 1.807) is 25.3 Å². The van der Waals surface area contributed by atoms with Crippen LogP contribution in [0.1, 0.15) is 16.1 Å². The summed E-state index contributed by atoms with van der Waals surface area (Å²) in [5.74, 6) is -0.217. The predicted octanol–water partition coefficient (Wildman–Crippen LogP) is 3.84. The molecule has 0 radical (unpaired) electrons. The third kappa shape index (κ3) is 3.01. The number of rotatable bonds is 2. The van der Waals surface area contributed by atoms with Crippen molar-refractivity contribution in [3.05, 3.63) is 65.1 Å². The standard InChI is InChI=1S/C16H12ClN3O/c1-10-7-12(9-15(17)19-10)16(21)20-13-4-5-14-11(8-13)3-2-6-18-14/h2-9H,1H3,(H,20,21). The molecule has 3 aromatic rings. The van der Waals surface area contributed by atoms with E-state index in [1.165, 1.54) is 0 Å². The lowest BCUT2D eigenvalue weighted by atomic mass is 10.2. The number of nitrogens with zero attached hydrogens (tertiary/aromatic N) is 2. The van der Waals surface area contributed by atoms with Crippen molar-refractivity contribution in [2.24, 2.45) is 0 Å². The number of aryl methyl sites for hydroxylation is 1. The summed E-state index contributed by atoms with van der Waals surface area (Å²) in [6.45, 7) is 1.80. The molecule has 0 fully saturated rings. The van der Waals surface area contributed by atoms with Crippen LogP contribution in [0.2, 0.25) is 5.15 Å². The fraction of sp³-hybridized carbons (Fsp3) is 0.0625. The number of hydrogen-bond donors (Lipinski definition) is 1. The fourth-order valence-electron chi connectivity index (χ4n) is 2.12. The summed E-state index contributed by atoms with van der Waals surface area (Å²) in [5.41, 5.74) is 2.79. The number of carbonyl (C=O) groups is 1. The minimum Gasteiger partial charge on any atom is -0.322 e. The highest BCUT2D eigenvalue weighted by molar-refractivity contribution is 6.29. The SMILES string of the molecule is Cc1cc(C(=O)Nc2ccc3ncccc3c2)cc(Cl)n1. The maximum Gasteiger partial charge on any atom is 0.255 e. The second-order valence-corrected chi connectivity index (χ2v) is 5.07. The van der Waals surface area contributed by atoms with E-state index in [9.17, 15) is 4.79 Å². The third-order valence-corrected chi connectivity index (χ3v) is 3.24. The lowest BCUT2D eigenvalue weighted by molar-refractivity contribution is 0.102. The number of nitrogens with one attached hydrogen (secondary N) is 1. The number of amides is 1. The maximum atomic E-state index is 12.2. The normalized spacial score (nSPS) is 10.6. The van der Waals surface area contributed by atoms with E-state index in [0.717, 1.165) is 10.9 Å². The van der Waals surface area contributed by atoms with Crippen LogP contribution in [0.3, 0.4) is 0 Å². The van der Waals surface area contributed by atoms with Crippen molar-refractivity contribution in [3.63, 3.8) is 0 Å². The first-order valence-corrected chi connectivity index (χ1v) is 6.80. The molecule has 0 unspecified atom stereocenters. The van der Waals surface area contributed by atoms with Crippen LogP contribution in [0.5, 0.6) is 0 Å². The van der Waals surface area contributed by atoms with Crippen LogP contribution >= 0.6 is 11.6 Å². The van der Waals surface area contributed by atoms with E-state index < -0.39 is 0 Å². The zero-order chi connectivity index (χ0) is 14.8. The smallest absolute Gasteiger partial charge is 0.255 e. The van der Waals surface area contributed by atoms with E-state index in [0.29, 0.717) is 22.1 Å². The number of fused-ring (bicyclic) bond motifs is 1. The highest BCUT2D eigenvalue weighted by Gasteiger charge is 2.09. The topological polar surface area (TPSA) is 54.9 Å². The Kier molecular flexibility index (Phi) is 3.54. The second-order valence-electron chi connectivity index (χ2n) is 4.68. The van der Waals surface area contributed by atoms with E-state index in [1.807, 2.05) is 30.3 Å². The Bertz CT molecular complexity index is 812. The number of hydrogen-bond acceptors (Lipinski definition) is 3. The van der Waals surface area contributed by atoms with Crippen molar-refractivity contribution in [3.8, 4) is 0 Å². The number of halogens is 1. The molecule has 2 aromatic heterocycles. The molecule has 1 aromatic carbocycles. The average molecular weight is 298 g/mol. The van der Waals surface area contributed by atoms with E-state index in [2.05, 4.69) is 15.3 Å². The monoisotopic (exact) mass is 297 g/mol. The maximum absolute atomic E-state index is 12.2. The molecular formula is C16H12ClN3O. The minimum absolute atomic E-state index is 0.217. The van der Waals surface area contributed by atoms with Crippen molar-refractivity contribution in [2.45, 2.75) is 6.92 Å². The number of aromatic nitrogens is 2. The molecule has 21 heavy (non-hydrogen) atoms. The van der Waals surface area contributed by atoms with E-state index in [-0.39, 0.29) is 5.91 Å². The zero-order valence-electron chi connectivity index (χ0n) is 11.3. The van der Waals surface area contributed by atoms with Gasteiger partial charge in [-0.3, -0.25) is 9.78 Å². The number of carbonyl (C=O) groups excluding carboxylic acids is 1. The molecule has 104 valence electrons. The molecule has 3 rings (SSSR count). The number of benzene rings is 1. The Morgan fingerprint density at radius 1 is 1.19 bits per heavy atom. The number of pyridine rings is 2. The third-order valence-electron chi connectivity index (χ3n) is 3.05. The van der Waals surface area contributed by atoms with Gasteiger partial charge in [0, 0.05) is 28.5 Å². The molecule has 1 amide bonds. The average Bonchev–Trinajstić information content (AvgIpc) is 2.46. The Balaban J connectivity index is 1.88. The summed E-state index contributed by atoms with van der Waals surface area (Å²) in [6.07, 6.45) is 1.74. The summed E-state index contributed by atoms with van der Waals surface area (Å²) in [7, 11) is 0. The van der Waals surface area contributed by atoms with Crippen LogP contribution in [0.15, 0.2) is 48.7 Å². The van der Waals surface area contributed by atoms with Crippen molar-refractivity contribution < 1.29 is 4.79 Å². The molecule has 0 aliphatic rings. The quantitative estimate of drug-likeness (QED) is 0.731. The molecule has 0 saturated carbocycles. The molecule has 2 heterocycles. The van der Waals surface area contributed by atoms with Crippen molar-refractivity contribution >= 4 is 34.1 Å². The molecule has 1 N–H and O–H groups in total. The van der Waals surface area contributed by atoms with Gasteiger partial charge < -0.3 is 5.32 Å². The van der Waals surface area contributed by atoms with Gasteiger partial charge in [-0.05, 0) is 43.3 Å². The minimum atomic E-state index is -0.217. The van der Waals surface area contributed by atoms with Crippen LogP contribution < -0.4 is 5.32 Å². The van der Waals surface area contributed by atoms with E-state index in [4.69, 9.17) is 11.6 Å². The molecule has 0 bridgehead atoms. The van der Waals surface area contributed by atoms with Gasteiger partial charge in [-0.15, -0.1) is 0 Å². The van der Waals surface area contributed by atoms with Gasteiger partial charge >= 0.3 is 0 Å². The molecule has 0 aliphatic carbocycles. The molecule has 0 spiro atoms. The molecule has 0 saturated heterocycles. The van der Waals surface area contributed by atoms with Crippen molar-refractivity contribution in [1.82, 2.24) is 9.97 Å². The van der Waals surface area contributed by atoms with Gasteiger partial charge in [0.2, 0.25) is 0 Å². The summed E-state index contributed by atoms with van der Waals surface area (Å²) < 4.78 is 0. The van der Waals surface area contributed by atoms with Crippen molar-refractivity contribution in [1.29, 1.82) is 0 Å². The Hall–Kier alpha value is -2.46. The van der Waals surface area contributed by atoms with Crippen LogP contribution in [0.4, 0.5) is 5.69 Å². The Morgan fingerprint density at radius 3 is 2.86 bits per heavy atom. The fourth-order valence-corrected chi connectivity index (χ4v) is 2.37. The Morgan fingerprint density at radius 2 is 2.05 bits per heavy atom. The van der Waals surface area contributed by atoms with Gasteiger partial charge in [0.1, 0.15) is 5.15 Å². The van der Waals surface area contributed by atoms with Crippen LogP contribution in [0, 0.1) is 6.92 Å². The zero-order valence-corrected chi connectivity index (χ0v) is 12.1. The molecule has 4 nitrogen and oxygen atoms in total. The van der Waals surface area contributed by atoms with Gasteiger partial charge in [-0.1, -0.05) is 17.7 Å². The lowest BCUT2D eigenvalue weighted by Crippen LogP contribution is -2.12. The Labute approximate surface area is 126 Å². The first kappa shape index (κ1) is 13.5. The van der Waals surface area contributed by atoms with Crippen LogP contribution in [-0.4, -0.2) is 15.9 Å². The molecule has 5 heteroatoms. The van der Waals surface area contributed by atoms with Gasteiger partial charge in [-0.25, -0.2) is 4.98 Å². The lowest BCUT2D eigenvalue weighted by Gasteiger charge is -2.07.